The molecule has 0 amide bonds. The normalized spacial score (nSPS) is 15.0. The number of hydrogen-bond donors (Lipinski definition) is 0. The molecule has 1 aromatic carbocycles. The number of ketones is 1. The Morgan fingerprint density at radius 3 is 1.73 bits per heavy atom. The van der Waals surface area contributed by atoms with Gasteiger partial charge >= 0.3 is 0 Å². The Hall–Kier alpha value is -1.44. The molecule has 0 atom stereocenters. The lowest BCUT2D eigenvalue weighted by Gasteiger charge is -2.16. The summed E-state index contributed by atoms with van der Waals surface area (Å²) in [5, 5.41) is 0. The Morgan fingerprint density at radius 2 is 1.17 bits per heavy atom. The van der Waals surface area contributed by atoms with Gasteiger partial charge < -0.3 is 0 Å². The zero-order valence-corrected chi connectivity index (χ0v) is 19.6. The maximum Gasteiger partial charge on any atom is 0.181 e. The van der Waals surface area contributed by atoms with E-state index >= 15 is 0 Å². The molecule has 0 radical (unpaired) electrons. The molecule has 1 aliphatic rings. The Bertz CT molecular complexity index is 619. The van der Waals surface area contributed by atoms with Crippen molar-refractivity contribution in [2.24, 2.45) is 4.99 Å². The van der Waals surface area contributed by atoms with Crippen molar-refractivity contribution in [2.75, 3.05) is 6.54 Å². The average molecular weight is 412 g/mol. The van der Waals surface area contributed by atoms with Crippen LogP contribution in [0.15, 0.2) is 29.3 Å². The molecular formula is C28H45NO. The summed E-state index contributed by atoms with van der Waals surface area (Å²) in [4.78, 5) is 16.9. The van der Waals surface area contributed by atoms with Gasteiger partial charge in [0.25, 0.3) is 0 Å². The Balaban J connectivity index is 1.40. The first kappa shape index (κ1) is 24.8. The summed E-state index contributed by atoms with van der Waals surface area (Å²) in [6.07, 6.45) is 23.6. The van der Waals surface area contributed by atoms with E-state index in [1.54, 1.807) is 0 Å². The number of carbonyl (C=O) groups excluding carboxylic acids is 1. The first-order chi connectivity index (χ1) is 14.8. The van der Waals surface area contributed by atoms with Gasteiger partial charge in [-0.2, -0.15) is 0 Å². The maximum atomic E-state index is 12.2. The van der Waals surface area contributed by atoms with Crippen LogP contribution in [0.3, 0.4) is 0 Å². The second-order valence-electron chi connectivity index (χ2n) is 9.11. The van der Waals surface area contributed by atoms with Gasteiger partial charge in [0.05, 0.1) is 0 Å². The molecule has 0 unspecified atom stereocenters. The van der Waals surface area contributed by atoms with E-state index in [9.17, 15) is 4.79 Å². The fraction of sp³-hybridized carbons (Fsp3) is 0.714. The van der Waals surface area contributed by atoms with E-state index in [-0.39, 0.29) is 5.78 Å². The summed E-state index contributed by atoms with van der Waals surface area (Å²) >= 11 is 0. The largest absolute Gasteiger partial charge is 0.292 e. The number of rotatable bonds is 17. The van der Waals surface area contributed by atoms with Crippen LogP contribution in [0.5, 0.6) is 0 Å². The quantitative estimate of drug-likeness (QED) is 0.237. The topological polar surface area (TPSA) is 29.4 Å². The molecule has 0 fully saturated rings. The van der Waals surface area contributed by atoms with Crippen molar-refractivity contribution in [2.45, 2.75) is 122 Å². The van der Waals surface area contributed by atoms with Gasteiger partial charge in [-0.3, -0.25) is 9.79 Å². The Morgan fingerprint density at radius 1 is 0.667 bits per heavy atom. The van der Waals surface area contributed by atoms with Gasteiger partial charge in [-0.25, -0.2) is 0 Å². The number of hydrogen-bond acceptors (Lipinski definition) is 2. The van der Waals surface area contributed by atoms with Crippen LogP contribution in [0.4, 0.5) is 0 Å². The second kappa shape index (κ2) is 16.3. The fourth-order valence-corrected chi connectivity index (χ4v) is 4.51. The van der Waals surface area contributed by atoms with Gasteiger partial charge in [0.2, 0.25) is 0 Å². The second-order valence-corrected chi connectivity index (χ2v) is 9.11. The number of fused-ring (bicyclic) bond motifs is 1. The monoisotopic (exact) mass is 411 g/mol. The number of carbonyl (C=O) groups is 1. The van der Waals surface area contributed by atoms with Crippen molar-refractivity contribution in [1.82, 2.24) is 0 Å². The maximum absolute atomic E-state index is 12.2. The molecule has 0 bridgehead atoms. The zero-order chi connectivity index (χ0) is 21.3. The summed E-state index contributed by atoms with van der Waals surface area (Å²) in [7, 11) is 0. The molecule has 0 aliphatic heterocycles. The van der Waals surface area contributed by atoms with Crippen LogP contribution >= 0.6 is 0 Å². The number of nitrogens with zero attached hydrogens (tertiary/aromatic N) is 1. The molecular weight excluding hydrogens is 366 g/mol. The molecule has 1 aromatic rings. The molecule has 0 saturated heterocycles. The van der Waals surface area contributed by atoms with Gasteiger partial charge in [0.15, 0.2) is 5.78 Å². The molecule has 2 heteroatoms. The van der Waals surface area contributed by atoms with E-state index in [2.05, 4.69) is 30.1 Å². The minimum Gasteiger partial charge on any atom is -0.292 e. The van der Waals surface area contributed by atoms with Crippen molar-refractivity contribution in [3.8, 4) is 0 Å². The van der Waals surface area contributed by atoms with Crippen LogP contribution in [0.2, 0.25) is 0 Å². The highest BCUT2D eigenvalue weighted by molar-refractivity contribution is 6.47. The average Bonchev–Trinajstić information content (AvgIpc) is 2.77. The summed E-state index contributed by atoms with van der Waals surface area (Å²) in [5.41, 5.74) is 3.09. The third-order valence-corrected chi connectivity index (χ3v) is 6.44. The molecule has 0 spiro atoms. The molecule has 2 nitrogen and oxygen atoms in total. The van der Waals surface area contributed by atoms with E-state index < -0.39 is 0 Å². The van der Waals surface area contributed by atoms with Crippen LogP contribution in [0, 0.1) is 0 Å². The zero-order valence-electron chi connectivity index (χ0n) is 19.6. The lowest BCUT2D eigenvalue weighted by Crippen LogP contribution is -2.23. The lowest BCUT2D eigenvalue weighted by molar-refractivity contribution is -0.113. The number of Topliss-reactive ketones (excluding diaryl/α,β-unsaturated/α-hetero) is 1. The first-order valence-electron chi connectivity index (χ1n) is 13.0. The highest BCUT2D eigenvalue weighted by Gasteiger charge is 2.21. The summed E-state index contributed by atoms with van der Waals surface area (Å²) < 4.78 is 0. The van der Waals surface area contributed by atoms with Crippen LogP contribution in [-0.4, -0.2) is 18.0 Å². The summed E-state index contributed by atoms with van der Waals surface area (Å²) in [6, 6.07) is 8.26. The Labute approximate surface area is 186 Å². The van der Waals surface area contributed by atoms with E-state index in [1.165, 1.54) is 102 Å². The number of unbranched alkanes of at least 4 members (excludes halogenated alkanes) is 15. The molecule has 0 heterocycles. The van der Waals surface area contributed by atoms with Gasteiger partial charge in [0, 0.05) is 18.5 Å². The van der Waals surface area contributed by atoms with Gasteiger partial charge in [-0.15, -0.1) is 0 Å². The third-order valence-electron chi connectivity index (χ3n) is 6.44. The lowest BCUT2D eigenvalue weighted by atomic mass is 9.89. The molecule has 0 N–H and O–H groups in total. The highest BCUT2D eigenvalue weighted by Crippen LogP contribution is 2.20. The summed E-state index contributed by atoms with van der Waals surface area (Å²) in [6.45, 7) is 3.09. The van der Waals surface area contributed by atoms with Crippen molar-refractivity contribution in [1.29, 1.82) is 0 Å². The van der Waals surface area contributed by atoms with Gasteiger partial charge in [0.1, 0.15) is 5.71 Å². The van der Waals surface area contributed by atoms with Crippen molar-refractivity contribution < 1.29 is 4.79 Å². The van der Waals surface area contributed by atoms with Crippen LogP contribution in [0.1, 0.15) is 127 Å². The SMILES string of the molecule is CCCCCCCCCCCCCCCCCCN=C1C(=O)CCc2ccccc21. The predicted octanol–water partition coefficient (Wildman–Crippen LogP) is 8.25. The van der Waals surface area contributed by atoms with Crippen LogP contribution in [0.25, 0.3) is 0 Å². The number of aliphatic imine (C=N–C) groups is 1. The number of benzene rings is 1. The standard InChI is InChI=1S/C28H45NO/c1-2-3-4-5-6-7-8-9-10-11-12-13-14-15-16-19-24-29-28-26-21-18-17-20-25(26)22-23-27(28)30/h17-18,20-21H,2-16,19,22-24H2,1H3. The van der Waals surface area contributed by atoms with Gasteiger partial charge in [-0.1, -0.05) is 128 Å². The van der Waals surface area contributed by atoms with E-state index in [4.69, 9.17) is 0 Å². The van der Waals surface area contributed by atoms with E-state index in [0.29, 0.717) is 6.42 Å². The van der Waals surface area contributed by atoms with E-state index in [0.717, 1.165) is 30.7 Å². The highest BCUT2D eigenvalue weighted by atomic mass is 16.1. The molecule has 30 heavy (non-hydrogen) atoms. The van der Waals surface area contributed by atoms with Gasteiger partial charge in [-0.05, 0) is 18.4 Å². The van der Waals surface area contributed by atoms with E-state index in [1.807, 2.05) is 6.07 Å². The Kier molecular flexibility index (Phi) is 13.5. The van der Waals surface area contributed by atoms with Crippen LogP contribution < -0.4 is 0 Å². The fourth-order valence-electron chi connectivity index (χ4n) is 4.51. The third kappa shape index (κ3) is 10.0. The number of aryl methyl sites for hydroxylation is 1. The van der Waals surface area contributed by atoms with Crippen LogP contribution in [-0.2, 0) is 11.2 Å². The minimum atomic E-state index is 0.227. The van der Waals surface area contributed by atoms with Crippen molar-refractivity contribution >= 4 is 11.5 Å². The first-order valence-corrected chi connectivity index (χ1v) is 13.0. The molecule has 2 rings (SSSR count). The summed E-state index contributed by atoms with van der Waals surface area (Å²) in [5.74, 6) is 0.227. The molecule has 0 aromatic heterocycles. The minimum absolute atomic E-state index is 0.227. The molecule has 168 valence electrons. The van der Waals surface area contributed by atoms with Crippen molar-refractivity contribution in [3.05, 3.63) is 35.4 Å². The smallest absolute Gasteiger partial charge is 0.181 e. The predicted molar refractivity (Wildman–Crippen MR) is 131 cm³/mol. The molecule has 0 saturated carbocycles. The van der Waals surface area contributed by atoms with Crippen molar-refractivity contribution in [3.63, 3.8) is 0 Å². The molecule has 1 aliphatic carbocycles.